The van der Waals surface area contributed by atoms with E-state index in [-0.39, 0.29) is 5.41 Å². The number of rotatable bonds is 1. The van der Waals surface area contributed by atoms with Crippen molar-refractivity contribution in [1.29, 1.82) is 0 Å². The fraction of sp³-hybridized carbons (Fsp3) is 0.417. The van der Waals surface area contributed by atoms with E-state index in [0.717, 1.165) is 5.56 Å². The zero-order valence-electron chi connectivity index (χ0n) is 8.83. The van der Waals surface area contributed by atoms with Crippen LogP contribution in [0.1, 0.15) is 31.9 Å². The average Bonchev–Trinajstić information content (AvgIpc) is 2.04. The summed E-state index contributed by atoms with van der Waals surface area (Å²) in [7, 11) is 1.79. The maximum absolute atomic E-state index is 3.97. The second-order valence-electron chi connectivity index (χ2n) is 4.26. The van der Waals surface area contributed by atoms with Crippen LogP contribution in [0.5, 0.6) is 0 Å². The smallest absolute Gasteiger partial charge is 0.0281 e. The second kappa shape index (κ2) is 3.73. The molecule has 0 spiro atoms. The molecule has 70 valence electrons. The zero-order chi connectivity index (χ0) is 9.90. The summed E-state index contributed by atoms with van der Waals surface area (Å²) in [4.78, 5) is 3.97. The maximum atomic E-state index is 3.97. The molecule has 0 N–H and O–H groups in total. The lowest BCUT2D eigenvalue weighted by Gasteiger charge is -2.18. The number of nitrogens with zero attached hydrogens (tertiary/aromatic N) is 1. The summed E-state index contributed by atoms with van der Waals surface area (Å²) in [5.41, 5.74) is 2.76. The lowest BCUT2D eigenvalue weighted by Crippen LogP contribution is -2.10. The van der Waals surface area contributed by atoms with E-state index in [4.69, 9.17) is 0 Å². The van der Waals surface area contributed by atoms with Gasteiger partial charge in [-0.05, 0) is 16.5 Å². The molecule has 0 bridgehead atoms. The molecule has 13 heavy (non-hydrogen) atoms. The van der Waals surface area contributed by atoms with Gasteiger partial charge in [0.25, 0.3) is 0 Å². The molecule has 0 atom stereocenters. The van der Waals surface area contributed by atoms with Crippen LogP contribution < -0.4 is 0 Å². The molecule has 0 aliphatic carbocycles. The highest BCUT2D eigenvalue weighted by Crippen LogP contribution is 2.21. The van der Waals surface area contributed by atoms with Gasteiger partial charge in [0.1, 0.15) is 0 Å². The maximum Gasteiger partial charge on any atom is 0.0281 e. The van der Waals surface area contributed by atoms with E-state index in [1.165, 1.54) is 5.56 Å². The van der Waals surface area contributed by atoms with Crippen LogP contribution in [0.4, 0.5) is 0 Å². The fourth-order valence-corrected chi connectivity index (χ4v) is 1.22. The Morgan fingerprint density at radius 2 is 1.62 bits per heavy atom. The fourth-order valence-electron chi connectivity index (χ4n) is 1.22. The molecule has 1 aromatic rings. The molecular formula is C12H17N. The van der Waals surface area contributed by atoms with E-state index in [0.29, 0.717) is 0 Å². The Kier molecular flexibility index (Phi) is 2.86. The highest BCUT2D eigenvalue weighted by atomic mass is 14.6. The molecule has 0 aliphatic rings. The van der Waals surface area contributed by atoms with E-state index in [1.807, 2.05) is 6.21 Å². The molecule has 0 saturated heterocycles. The van der Waals surface area contributed by atoms with Crippen LogP contribution in [-0.4, -0.2) is 13.3 Å². The summed E-state index contributed by atoms with van der Waals surface area (Å²) >= 11 is 0. The first-order valence-electron chi connectivity index (χ1n) is 4.57. The number of aliphatic imine (C=N–C) groups is 1. The molecular weight excluding hydrogens is 158 g/mol. The molecule has 1 heteroatoms. The van der Waals surface area contributed by atoms with Gasteiger partial charge in [-0.25, -0.2) is 0 Å². The lowest BCUT2D eigenvalue weighted by molar-refractivity contribution is 0.590. The van der Waals surface area contributed by atoms with Crippen molar-refractivity contribution in [2.75, 3.05) is 7.05 Å². The predicted molar refractivity (Wildman–Crippen MR) is 58.7 cm³/mol. The Balaban J connectivity index is 2.94. The summed E-state index contributed by atoms with van der Waals surface area (Å²) < 4.78 is 0. The Morgan fingerprint density at radius 1 is 1.08 bits per heavy atom. The van der Waals surface area contributed by atoms with Gasteiger partial charge < -0.3 is 0 Å². The Hall–Kier alpha value is -1.11. The van der Waals surface area contributed by atoms with Crippen LogP contribution in [0.3, 0.4) is 0 Å². The van der Waals surface area contributed by atoms with Gasteiger partial charge in [0.05, 0.1) is 0 Å². The number of hydrogen-bond donors (Lipinski definition) is 0. The Bertz CT molecular complexity index is 288. The topological polar surface area (TPSA) is 12.4 Å². The SMILES string of the molecule is C/N=C/c1ccc(C(C)(C)C)cc1. The molecule has 1 rings (SSSR count). The van der Waals surface area contributed by atoms with E-state index >= 15 is 0 Å². The monoisotopic (exact) mass is 175 g/mol. The third kappa shape index (κ3) is 2.69. The summed E-state index contributed by atoms with van der Waals surface area (Å²) in [6.45, 7) is 6.65. The van der Waals surface area contributed by atoms with Crippen molar-refractivity contribution in [3.05, 3.63) is 35.4 Å². The van der Waals surface area contributed by atoms with E-state index in [2.05, 4.69) is 50.0 Å². The lowest BCUT2D eigenvalue weighted by atomic mass is 9.87. The highest BCUT2D eigenvalue weighted by Gasteiger charge is 2.12. The zero-order valence-corrected chi connectivity index (χ0v) is 8.83. The summed E-state index contributed by atoms with van der Waals surface area (Å²) in [6, 6.07) is 8.54. The highest BCUT2D eigenvalue weighted by molar-refractivity contribution is 5.79. The summed E-state index contributed by atoms with van der Waals surface area (Å²) in [6.07, 6.45) is 1.87. The third-order valence-electron chi connectivity index (χ3n) is 2.05. The summed E-state index contributed by atoms with van der Waals surface area (Å²) in [5, 5.41) is 0. The van der Waals surface area contributed by atoms with Gasteiger partial charge in [0.2, 0.25) is 0 Å². The third-order valence-corrected chi connectivity index (χ3v) is 2.05. The van der Waals surface area contributed by atoms with Crippen molar-refractivity contribution < 1.29 is 0 Å². The van der Waals surface area contributed by atoms with Crippen molar-refractivity contribution in [3.8, 4) is 0 Å². The minimum Gasteiger partial charge on any atom is -0.296 e. The van der Waals surface area contributed by atoms with Crippen LogP contribution in [0.2, 0.25) is 0 Å². The molecule has 0 aliphatic heterocycles. The second-order valence-corrected chi connectivity index (χ2v) is 4.26. The minimum atomic E-state index is 0.238. The van der Waals surface area contributed by atoms with Crippen LogP contribution in [0, 0.1) is 0 Å². The number of benzene rings is 1. The van der Waals surface area contributed by atoms with Gasteiger partial charge >= 0.3 is 0 Å². The molecule has 0 unspecified atom stereocenters. The van der Waals surface area contributed by atoms with Crippen LogP contribution in [-0.2, 0) is 5.41 Å². The van der Waals surface area contributed by atoms with Crippen molar-refractivity contribution in [2.45, 2.75) is 26.2 Å². The Labute approximate surface area is 80.5 Å². The van der Waals surface area contributed by atoms with Crippen molar-refractivity contribution >= 4 is 6.21 Å². The van der Waals surface area contributed by atoms with Gasteiger partial charge in [0.15, 0.2) is 0 Å². The number of hydrogen-bond acceptors (Lipinski definition) is 1. The van der Waals surface area contributed by atoms with Crippen LogP contribution >= 0.6 is 0 Å². The average molecular weight is 175 g/mol. The van der Waals surface area contributed by atoms with Crippen molar-refractivity contribution in [1.82, 2.24) is 0 Å². The van der Waals surface area contributed by atoms with Crippen molar-refractivity contribution in [3.63, 3.8) is 0 Å². The van der Waals surface area contributed by atoms with Crippen molar-refractivity contribution in [2.24, 2.45) is 4.99 Å². The summed E-state index contributed by atoms with van der Waals surface area (Å²) in [5.74, 6) is 0. The van der Waals surface area contributed by atoms with Gasteiger partial charge in [0, 0.05) is 13.3 Å². The molecule has 0 amide bonds. The molecule has 0 aromatic heterocycles. The van der Waals surface area contributed by atoms with Gasteiger partial charge in [-0.15, -0.1) is 0 Å². The predicted octanol–water partition coefficient (Wildman–Crippen LogP) is 3.03. The first kappa shape index (κ1) is 9.97. The minimum absolute atomic E-state index is 0.238. The normalized spacial score (nSPS) is 12.3. The standard InChI is InChI=1S/C12H17N/c1-12(2,3)11-7-5-10(6-8-11)9-13-4/h5-9H,1-4H3/b13-9+. The molecule has 0 saturated carbocycles. The van der Waals surface area contributed by atoms with Gasteiger partial charge in [-0.1, -0.05) is 45.0 Å². The van der Waals surface area contributed by atoms with E-state index in [9.17, 15) is 0 Å². The Morgan fingerprint density at radius 3 is 2.00 bits per heavy atom. The van der Waals surface area contributed by atoms with E-state index < -0.39 is 0 Å². The van der Waals surface area contributed by atoms with E-state index in [1.54, 1.807) is 7.05 Å². The van der Waals surface area contributed by atoms with Crippen LogP contribution in [0.15, 0.2) is 29.3 Å². The van der Waals surface area contributed by atoms with Gasteiger partial charge in [-0.2, -0.15) is 0 Å². The quantitative estimate of drug-likeness (QED) is 0.582. The first-order valence-corrected chi connectivity index (χ1v) is 4.57. The largest absolute Gasteiger partial charge is 0.296 e. The molecule has 0 radical (unpaired) electrons. The van der Waals surface area contributed by atoms with Gasteiger partial charge in [-0.3, -0.25) is 4.99 Å². The molecule has 1 aromatic carbocycles. The van der Waals surface area contributed by atoms with Crippen LogP contribution in [0.25, 0.3) is 0 Å². The molecule has 0 fully saturated rings. The molecule has 0 heterocycles. The first-order chi connectivity index (χ1) is 6.04. The molecule has 1 nitrogen and oxygen atoms in total.